The Morgan fingerprint density at radius 3 is 2.11 bits per heavy atom. The van der Waals surface area contributed by atoms with Gasteiger partial charge in [-0.15, -0.1) is 0 Å². The van der Waals surface area contributed by atoms with Crippen molar-refractivity contribution in [2.24, 2.45) is 17.6 Å². The average Bonchev–Trinajstić information content (AvgIpc) is 3.39. The molecule has 2 aromatic rings. The molecule has 0 aliphatic rings. The zero-order valence-electron chi connectivity index (χ0n) is 22.1. The lowest BCUT2D eigenvalue weighted by molar-refractivity contribution is -0.142. The summed E-state index contributed by atoms with van der Waals surface area (Å²) < 4.78 is 0. The third kappa shape index (κ3) is 8.87. The van der Waals surface area contributed by atoms with Crippen LogP contribution in [0.4, 0.5) is 0 Å². The normalized spacial score (nSPS) is 15.1. The molecule has 208 valence electrons. The van der Waals surface area contributed by atoms with Gasteiger partial charge in [-0.05, 0) is 29.5 Å². The summed E-state index contributed by atoms with van der Waals surface area (Å²) in [5.41, 5.74) is 7.16. The van der Waals surface area contributed by atoms with Gasteiger partial charge in [0.2, 0.25) is 17.7 Å². The fraction of sp³-hybridized carbons (Fsp3) is 0.500. The number of carbonyl (C=O) groups is 4. The van der Waals surface area contributed by atoms with Crippen LogP contribution >= 0.6 is 0 Å². The molecule has 0 spiro atoms. The minimum absolute atomic E-state index is 0.00820. The first-order valence-electron chi connectivity index (χ1n) is 12.6. The summed E-state index contributed by atoms with van der Waals surface area (Å²) >= 11 is 0. The number of hydrogen-bond acceptors (Lipinski definition) is 7. The molecule has 1 aromatic carbocycles. The van der Waals surface area contributed by atoms with Gasteiger partial charge < -0.3 is 36.9 Å². The SMILES string of the molecule is CCC(C)C(N)C(=O)NC(C(=O)NC(Cc1cnc[nH]1)C(=O)NC(Cc1ccc(O)cc1)C(=O)O)C(C)C. The number of rotatable bonds is 14. The van der Waals surface area contributed by atoms with Crippen LogP contribution in [0.3, 0.4) is 0 Å². The quantitative estimate of drug-likeness (QED) is 0.183. The van der Waals surface area contributed by atoms with Gasteiger partial charge in [-0.3, -0.25) is 14.4 Å². The molecule has 0 saturated heterocycles. The predicted octanol–water partition coefficient (Wildman–Crippen LogP) is 0.469. The van der Waals surface area contributed by atoms with Gasteiger partial charge in [-0.25, -0.2) is 9.78 Å². The molecule has 12 nitrogen and oxygen atoms in total. The molecule has 5 atom stereocenters. The van der Waals surface area contributed by atoms with Crippen LogP contribution in [-0.4, -0.2) is 68.0 Å². The minimum Gasteiger partial charge on any atom is -0.508 e. The van der Waals surface area contributed by atoms with Crippen molar-refractivity contribution in [3.05, 3.63) is 48.0 Å². The molecule has 0 aliphatic carbocycles. The zero-order valence-corrected chi connectivity index (χ0v) is 22.1. The van der Waals surface area contributed by atoms with Crippen LogP contribution in [0.25, 0.3) is 0 Å². The molecule has 1 heterocycles. The summed E-state index contributed by atoms with van der Waals surface area (Å²) in [6, 6.07) is 1.74. The average molecular weight is 531 g/mol. The van der Waals surface area contributed by atoms with Crippen molar-refractivity contribution in [2.75, 3.05) is 0 Å². The predicted molar refractivity (Wildman–Crippen MR) is 140 cm³/mol. The van der Waals surface area contributed by atoms with Crippen LogP contribution in [0.2, 0.25) is 0 Å². The van der Waals surface area contributed by atoms with E-state index >= 15 is 0 Å². The number of aromatic nitrogens is 2. The molecule has 0 saturated carbocycles. The van der Waals surface area contributed by atoms with E-state index in [-0.39, 0.29) is 30.4 Å². The van der Waals surface area contributed by atoms with Crippen molar-refractivity contribution in [3.8, 4) is 5.75 Å². The number of carbonyl (C=O) groups excluding carboxylic acids is 3. The highest BCUT2D eigenvalue weighted by Gasteiger charge is 2.32. The Labute approximate surface area is 221 Å². The monoisotopic (exact) mass is 530 g/mol. The number of aromatic hydroxyl groups is 1. The highest BCUT2D eigenvalue weighted by molar-refractivity contribution is 5.94. The Balaban J connectivity index is 2.20. The molecule has 0 fully saturated rings. The van der Waals surface area contributed by atoms with Gasteiger partial charge in [0, 0.05) is 24.7 Å². The molecule has 8 N–H and O–H groups in total. The number of H-pyrrole nitrogens is 1. The topological polar surface area (TPSA) is 200 Å². The van der Waals surface area contributed by atoms with E-state index in [2.05, 4.69) is 25.9 Å². The van der Waals surface area contributed by atoms with E-state index in [1.54, 1.807) is 26.0 Å². The molecule has 0 aliphatic heterocycles. The van der Waals surface area contributed by atoms with Gasteiger partial charge in [-0.1, -0.05) is 46.2 Å². The molecular weight excluding hydrogens is 492 g/mol. The van der Waals surface area contributed by atoms with Crippen LogP contribution in [0.1, 0.15) is 45.4 Å². The van der Waals surface area contributed by atoms with Crippen LogP contribution in [0, 0.1) is 11.8 Å². The minimum atomic E-state index is -1.29. The standard InChI is InChI=1S/C26H38N6O6/c1-5-15(4)21(27)24(35)32-22(14(2)3)25(36)30-19(11-17-12-28-13-29-17)23(34)31-20(26(37)38)10-16-6-8-18(33)9-7-16/h6-9,12-15,19-22,33H,5,10-11,27H2,1-4H3,(H,28,29)(H,30,36)(H,31,34)(H,32,35)(H,37,38). The second-order valence-electron chi connectivity index (χ2n) is 9.75. The van der Waals surface area contributed by atoms with E-state index in [1.807, 2.05) is 13.8 Å². The number of aliphatic carboxylic acids is 1. The Bertz CT molecular complexity index is 1070. The largest absolute Gasteiger partial charge is 0.508 e. The molecule has 1 aromatic heterocycles. The first kappa shape index (κ1) is 30.3. The summed E-state index contributed by atoms with van der Waals surface area (Å²) in [6.45, 7) is 7.26. The number of phenolic OH excluding ortho intramolecular Hbond substituents is 1. The van der Waals surface area contributed by atoms with Crippen molar-refractivity contribution < 1.29 is 29.4 Å². The second-order valence-corrected chi connectivity index (χ2v) is 9.75. The van der Waals surface area contributed by atoms with Crippen molar-refractivity contribution in [1.29, 1.82) is 0 Å². The van der Waals surface area contributed by atoms with Crippen LogP contribution in [0.5, 0.6) is 5.75 Å². The van der Waals surface area contributed by atoms with Crippen LogP contribution < -0.4 is 21.7 Å². The van der Waals surface area contributed by atoms with Crippen LogP contribution in [0.15, 0.2) is 36.8 Å². The number of benzene rings is 1. The Kier molecular flexibility index (Phi) is 11.3. The maximum Gasteiger partial charge on any atom is 0.326 e. The number of hydrogen-bond donors (Lipinski definition) is 7. The highest BCUT2D eigenvalue weighted by Crippen LogP contribution is 2.12. The summed E-state index contributed by atoms with van der Waals surface area (Å²) in [7, 11) is 0. The number of phenols is 1. The smallest absolute Gasteiger partial charge is 0.326 e. The molecule has 5 unspecified atom stereocenters. The Morgan fingerprint density at radius 1 is 0.947 bits per heavy atom. The first-order valence-corrected chi connectivity index (χ1v) is 12.6. The number of nitrogens with one attached hydrogen (secondary N) is 4. The zero-order chi connectivity index (χ0) is 28.4. The molecule has 2 rings (SSSR count). The molecule has 0 radical (unpaired) electrons. The summed E-state index contributed by atoms with van der Waals surface area (Å²) in [5.74, 6) is -3.43. The fourth-order valence-electron chi connectivity index (χ4n) is 3.72. The van der Waals surface area contributed by atoms with Crippen LogP contribution in [-0.2, 0) is 32.0 Å². The first-order chi connectivity index (χ1) is 17.9. The Hall–Kier alpha value is -3.93. The number of carboxylic acids is 1. The molecular formula is C26H38N6O6. The van der Waals surface area contributed by atoms with E-state index in [4.69, 9.17) is 5.73 Å². The Morgan fingerprint density at radius 2 is 1.58 bits per heavy atom. The van der Waals surface area contributed by atoms with Gasteiger partial charge in [0.1, 0.15) is 23.9 Å². The maximum atomic E-state index is 13.3. The number of carboxylic acid groups (broad SMARTS) is 1. The summed E-state index contributed by atoms with van der Waals surface area (Å²) in [6.07, 6.45) is 3.57. The summed E-state index contributed by atoms with van der Waals surface area (Å²) in [5, 5.41) is 27.0. The van der Waals surface area contributed by atoms with Crippen molar-refractivity contribution in [2.45, 2.75) is 71.1 Å². The fourth-order valence-corrected chi connectivity index (χ4v) is 3.72. The third-order valence-electron chi connectivity index (χ3n) is 6.41. The second kappa shape index (κ2) is 14.1. The van der Waals surface area contributed by atoms with E-state index in [1.165, 1.54) is 24.7 Å². The number of nitrogens with zero attached hydrogens (tertiary/aromatic N) is 1. The summed E-state index contributed by atoms with van der Waals surface area (Å²) in [4.78, 5) is 57.9. The number of imidazole rings is 1. The molecule has 0 bridgehead atoms. The van der Waals surface area contributed by atoms with Gasteiger partial charge >= 0.3 is 5.97 Å². The van der Waals surface area contributed by atoms with E-state index in [9.17, 15) is 29.4 Å². The number of aromatic amines is 1. The van der Waals surface area contributed by atoms with Crippen molar-refractivity contribution >= 4 is 23.7 Å². The molecule has 3 amide bonds. The molecule has 12 heteroatoms. The number of nitrogens with two attached hydrogens (primary N) is 1. The number of amides is 3. The third-order valence-corrected chi connectivity index (χ3v) is 6.41. The van der Waals surface area contributed by atoms with Gasteiger partial charge in [0.15, 0.2) is 0 Å². The highest BCUT2D eigenvalue weighted by atomic mass is 16.4. The van der Waals surface area contributed by atoms with E-state index in [0.717, 1.165) is 0 Å². The van der Waals surface area contributed by atoms with E-state index in [0.29, 0.717) is 17.7 Å². The van der Waals surface area contributed by atoms with E-state index < -0.39 is 47.9 Å². The van der Waals surface area contributed by atoms with Crippen molar-refractivity contribution in [1.82, 2.24) is 25.9 Å². The van der Waals surface area contributed by atoms with Gasteiger partial charge in [-0.2, -0.15) is 0 Å². The lowest BCUT2D eigenvalue weighted by Crippen LogP contribution is -2.59. The lowest BCUT2D eigenvalue weighted by Gasteiger charge is -2.27. The van der Waals surface area contributed by atoms with Gasteiger partial charge in [0.05, 0.1) is 12.4 Å². The maximum absolute atomic E-state index is 13.3. The molecule has 38 heavy (non-hydrogen) atoms. The van der Waals surface area contributed by atoms with Crippen molar-refractivity contribution in [3.63, 3.8) is 0 Å². The van der Waals surface area contributed by atoms with Gasteiger partial charge in [0.25, 0.3) is 0 Å². The lowest BCUT2D eigenvalue weighted by atomic mass is 9.97.